The summed E-state index contributed by atoms with van der Waals surface area (Å²) in [4.78, 5) is 23.0. The quantitative estimate of drug-likeness (QED) is 0.791. The number of aliphatic carboxylic acids is 1. The lowest BCUT2D eigenvalue weighted by Crippen LogP contribution is -2.31. The van der Waals surface area contributed by atoms with Gasteiger partial charge in [-0.1, -0.05) is 13.8 Å². The fourth-order valence-corrected chi connectivity index (χ4v) is 3.09. The second kappa shape index (κ2) is 5.49. The summed E-state index contributed by atoms with van der Waals surface area (Å²) in [6, 6.07) is 0. The van der Waals surface area contributed by atoms with Crippen molar-refractivity contribution >= 4 is 11.9 Å². The van der Waals surface area contributed by atoms with Crippen molar-refractivity contribution in [3.63, 3.8) is 0 Å². The van der Waals surface area contributed by atoms with Gasteiger partial charge in [-0.05, 0) is 31.1 Å². The lowest BCUT2D eigenvalue weighted by atomic mass is 10.1. The first-order chi connectivity index (χ1) is 8.94. The summed E-state index contributed by atoms with van der Waals surface area (Å²) >= 11 is 0. The van der Waals surface area contributed by atoms with Crippen LogP contribution in [0.1, 0.15) is 39.5 Å². The maximum atomic E-state index is 12.0. The summed E-state index contributed by atoms with van der Waals surface area (Å²) in [7, 11) is 0. The Labute approximate surface area is 113 Å². The lowest BCUT2D eigenvalue weighted by molar-refractivity contribution is -0.140. The molecule has 1 aliphatic heterocycles. The predicted octanol–water partition coefficient (Wildman–Crippen LogP) is 1.42. The molecule has 5 heteroatoms. The van der Waals surface area contributed by atoms with Crippen molar-refractivity contribution in [2.24, 2.45) is 17.3 Å². The molecule has 1 amide bonds. The molecule has 3 atom stereocenters. The van der Waals surface area contributed by atoms with Gasteiger partial charge in [0.05, 0.1) is 17.9 Å². The van der Waals surface area contributed by atoms with Gasteiger partial charge >= 0.3 is 5.97 Å². The molecular formula is C14H23NO4. The van der Waals surface area contributed by atoms with Crippen molar-refractivity contribution in [3.05, 3.63) is 0 Å². The van der Waals surface area contributed by atoms with E-state index in [9.17, 15) is 9.59 Å². The van der Waals surface area contributed by atoms with Gasteiger partial charge in [0.15, 0.2) is 0 Å². The average Bonchev–Trinajstić information content (AvgIpc) is 2.94. The zero-order chi connectivity index (χ0) is 14.0. The minimum atomic E-state index is -0.874. The highest BCUT2D eigenvalue weighted by Crippen LogP contribution is 2.58. The van der Waals surface area contributed by atoms with Gasteiger partial charge in [-0.3, -0.25) is 9.59 Å². The molecule has 0 aromatic heterocycles. The van der Waals surface area contributed by atoms with Gasteiger partial charge in [-0.25, -0.2) is 0 Å². The van der Waals surface area contributed by atoms with Crippen LogP contribution in [0.2, 0.25) is 0 Å². The number of hydrogen-bond acceptors (Lipinski definition) is 3. The molecule has 0 spiro atoms. The molecule has 108 valence electrons. The first-order valence-corrected chi connectivity index (χ1v) is 7.06. The highest BCUT2D eigenvalue weighted by Gasteiger charge is 2.65. The fourth-order valence-electron chi connectivity index (χ4n) is 3.09. The van der Waals surface area contributed by atoms with Crippen molar-refractivity contribution in [1.29, 1.82) is 0 Å². The molecule has 2 fully saturated rings. The van der Waals surface area contributed by atoms with Crippen LogP contribution in [-0.4, -0.2) is 36.2 Å². The summed E-state index contributed by atoms with van der Waals surface area (Å²) < 4.78 is 5.59. The highest BCUT2D eigenvalue weighted by atomic mass is 16.5. The number of carbonyl (C=O) groups is 2. The van der Waals surface area contributed by atoms with E-state index >= 15 is 0 Å². The zero-order valence-electron chi connectivity index (χ0n) is 11.6. The normalized spacial score (nSPS) is 32.6. The maximum absolute atomic E-state index is 12.0. The molecule has 0 bridgehead atoms. The van der Waals surface area contributed by atoms with E-state index in [4.69, 9.17) is 9.84 Å². The largest absolute Gasteiger partial charge is 0.481 e. The van der Waals surface area contributed by atoms with Crippen LogP contribution in [-0.2, 0) is 14.3 Å². The molecule has 2 rings (SSSR count). The number of carboxylic acids is 1. The Morgan fingerprint density at radius 1 is 1.32 bits per heavy atom. The molecule has 19 heavy (non-hydrogen) atoms. The van der Waals surface area contributed by atoms with Gasteiger partial charge < -0.3 is 15.2 Å². The summed E-state index contributed by atoms with van der Waals surface area (Å²) in [5.41, 5.74) is -0.419. The average molecular weight is 269 g/mol. The summed E-state index contributed by atoms with van der Waals surface area (Å²) in [6.45, 7) is 5.05. The molecule has 0 aromatic carbocycles. The number of hydrogen-bond donors (Lipinski definition) is 2. The topological polar surface area (TPSA) is 75.6 Å². The minimum absolute atomic E-state index is 0.131. The smallest absolute Gasteiger partial charge is 0.307 e. The second-order valence-electron chi connectivity index (χ2n) is 6.18. The Morgan fingerprint density at radius 3 is 2.58 bits per heavy atom. The molecule has 5 nitrogen and oxygen atoms in total. The first-order valence-electron chi connectivity index (χ1n) is 7.06. The molecule has 2 aliphatic rings. The van der Waals surface area contributed by atoms with Crippen LogP contribution in [0.3, 0.4) is 0 Å². The van der Waals surface area contributed by atoms with Crippen molar-refractivity contribution in [1.82, 2.24) is 5.32 Å². The molecule has 0 aromatic rings. The molecule has 1 saturated heterocycles. The number of carbonyl (C=O) groups excluding carboxylic acids is 1. The van der Waals surface area contributed by atoms with Crippen LogP contribution >= 0.6 is 0 Å². The predicted molar refractivity (Wildman–Crippen MR) is 69.6 cm³/mol. The van der Waals surface area contributed by atoms with E-state index in [0.29, 0.717) is 6.54 Å². The fraction of sp³-hybridized carbons (Fsp3) is 0.857. The Morgan fingerprint density at radius 2 is 2.05 bits per heavy atom. The van der Waals surface area contributed by atoms with Crippen LogP contribution in [0.5, 0.6) is 0 Å². The number of carboxylic acid groups (broad SMARTS) is 1. The number of ether oxygens (including phenoxy) is 1. The molecule has 0 radical (unpaired) electrons. The van der Waals surface area contributed by atoms with Gasteiger partial charge in [0.2, 0.25) is 5.91 Å². The Kier molecular flexibility index (Phi) is 4.13. The summed E-state index contributed by atoms with van der Waals surface area (Å²) in [5, 5.41) is 11.9. The first kappa shape index (κ1) is 14.3. The van der Waals surface area contributed by atoms with E-state index in [-0.39, 0.29) is 12.0 Å². The second-order valence-corrected chi connectivity index (χ2v) is 6.18. The highest BCUT2D eigenvalue weighted by molar-refractivity contribution is 5.91. The third-order valence-electron chi connectivity index (χ3n) is 4.42. The lowest BCUT2D eigenvalue weighted by Gasteiger charge is -2.22. The SMILES string of the molecule is CC1(C)[C@H](C(=O)O)[C@@H]1C(=O)NCCC1CCCCO1. The van der Waals surface area contributed by atoms with Crippen LogP contribution < -0.4 is 5.32 Å². The monoisotopic (exact) mass is 269 g/mol. The van der Waals surface area contributed by atoms with Gasteiger partial charge in [-0.2, -0.15) is 0 Å². The molecule has 1 unspecified atom stereocenters. The van der Waals surface area contributed by atoms with Gasteiger partial charge in [-0.15, -0.1) is 0 Å². The van der Waals surface area contributed by atoms with Gasteiger partial charge in [0.1, 0.15) is 0 Å². The van der Waals surface area contributed by atoms with E-state index in [2.05, 4.69) is 5.32 Å². The third kappa shape index (κ3) is 3.08. The number of rotatable bonds is 5. The summed E-state index contributed by atoms with van der Waals surface area (Å²) in [6.07, 6.45) is 4.44. The minimum Gasteiger partial charge on any atom is -0.481 e. The Hall–Kier alpha value is -1.10. The van der Waals surface area contributed by atoms with E-state index < -0.39 is 23.2 Å². The number of amides is 1. The molecule has 1 aliphatic carbocycles. The molecular weight excluding hydrogens is 246 g/mol. The van der Waals surface area contributed by atoms with Crippen molar-refractivity contribution in [3.8, 4) is 0 Å². The summed E-state index contributed by atoms with van der Waals surface area (Å²) in [5.74, 6) is -1.94. The van der Waals surface area contributed by atoms with E-state index in [1.54, 1.807) is 0 Å². The third-order valence-corrected chi connectivity index (χ3v) is 4.42. The van der Waals surface area contributed by atoms with Crippen molar-refractivity contribution in [2.75, 3.05) is 13.2 Å². The molecule has 1 saturated carbocycles. The maximum Gasteiger partial charge on any atom is 0.307 e. The van der Waals surface area contributed by atoms with E-state index in [0.717, 1.165) is 25.9 Å². The van der Waals surface area contributed by atoms with Crippen molar-refractivity contribution < 1.29 is 19.4 Å². The van der Waals surface area contributed by atoms with Gasteiger partial charge in [0, 0.05) is 13.2 Å². The van der Waals surface area contributed by atoms with Crippen LogP contribution in [0.15, 0.2) is 0 Å². The van der Waals surface area contributed by atoms with Crippen LogP contribution in [0, 0.1) is 17.3 Å². The van der Waals surface area contributed by atoms with E-state index in [1.807, 2.05) is 13.8 Å². The van der Waals surface area contributed by atoms with Gasteiger partial charge in [0.25, 0.3) is 0 Å². The number of nitrogens with one attached hydrogen (secondary N) is 1. The molecule has 2 N–H and O–H groups in total. The van der Waals surface area contributed by atoms with Crippen molar-refractivity contribution in [2.45, 2.75) is 45.6 Å². The van der Waals surface area contributed by atoms with Crippen LogP contribution in [0.4, 0.5) is 0 Å². The Balaban J connectivity index is 1.72. The Bertz CT molecular complexity index is 360. The van der Waals surface area contributed by atoms with E-state index in [1.165, 1.54) is 6.42 Å². The standard InChI is InChI=1S/C14H23NO4/c1-14(2)10(11(14)13(17)18)12(16)15-7-6-9-5-3-4-8-19-9/h9-11H,3-8H2,1-2H3,(H,15,16)(H,17,18)/t9?,10-,11+/m1/s1. The molecule has 1 heterocycles. The van der Waals surface area contributed by atoms with Crippen LogP contribution in [0.25, 0.3) is 0 Å². The zero-order valence-corrected chi connectivity index (χ0v) is 11.6.